The number of carbonyl (C=O) groups is 1. The smallest absolute Gasteiger partial charge is 0.222 e. The highest BCUT2D eigenvalue weighted by molar-refractivity contribution is 7.00. The van der Waals surface area contributed by atoms with E-state index in [1.807, 2.05) is 0 Å². The Morgan fingerprint density at radius 1 is 1.15 bits per heavy atom. The molecule has 0 bridgehead atoms. The van der Waals surface area contributed by atoms with Gasteiger partial charge >= 0.3 is 0 Å². The third-order valence-electron chi connectivity index (χ3n) is 5.95. The van der Waals surface area contributed by atoms with E-state index in [4.69, 9.17) is 0 Å². The number of benzene rings is 1. The number of aromatic nitrogens is 2. The number of likely N-dealkylation sites (N-methyl/N-ethyl adjacent to an activating group) is 1. The van der Waals surface area contributed by atoms with Crippen LogP contribution in [0, 0.1) is 5.92 Å². The monoisotopic (exact) mass is 387 g/mol. The van der Waals surface area contributed by atoms with Gasteiger partial charge in [0.2, 0.25) is 5.91 Å². The van der Waals surface area contributed by atoms with Crippen LogP contribution in [-0.4, -0.2) is 75.7 Å². The maximum atomic E-state index is 12.5. The molecule has 0 aliphatic carbocycles. The second-order valence-electron chi connectivity index (χ2n) is 8.05. The summed E-state index contributed by atoms with van der Waals surface area (Å²) in [6, 6.07) is 6.41. The van der Waals surface area contributed by atoms with Gasteiger partial charge in [0.05, 0.1) is 11.7 Å². The average Bonchev–Trinajstić information content (AvgIpc) is 3.15. The largest absolute Gasteiger partial charge is 0.340 e. The molecule has 1 amide bonds. The molecule has 0 spiro atoms. The molecule has 2 fully saturated rings. The first-order chi connectivity index (χ1) is 13.2. The predicted octanol–water partition coefficient (Wildman–Crippen LogP) is 2.46. The van der Waals surface area contributed by atoms with E-state index in [1.54, 1.807) is 0 Å². The molecule has 4 rings (SSSR count). The number of hydrogen-bond donors (Lipinski definition) is 0. The highest BCUT2D eigenvalue weighted by Crippen LogP contribution is 2.24. The lowest BCUT2D eigenvalue weighted by atomic mass is 9.92. The van der Waals surface area contributed by atoms with E-state index >= 15 is 0 Å². The van der Waals surface area contributed by atoms with Crippen LogP contribution in [0.2, 0.25) is 0 Å². The number of rotatable bonds is 5. The molecule has 1 aromatic heterocycles. The minimum atomic E-state index is 0.349. The Bertz CT molecular complexity index is 771. The van der Waals surface area contributed by atoms with Crippen LogP contribution >= 0.6 is 11.7 Å². The fourth-order valence-electron chi connectivity index (χ4n) is 4.26. The van der Waals surface area contributed by atoms with Crippen molar-refractivity contribution >= 4 is 28.7 Å². The second-order valence-corrected chi connectivity index (χ2v) is 8.58. The number of nitrogens with zero attached hydrogens (tertiary/aromatic N) is 5. The quantitative estimate of drug-likeness (QED) is 0.789. The van der Waals surface area contributed by atoms with Gasteiger partial charge in [-0.1, -0.05) is 6.07 Å². The summed E-state index contributed by atoms with van der Waals surface area (Å²) in [6.07, 6.45) is 4.21. The van der Waals surface area contributed by atoms with Crippen molar-refractivity contribution in [3.05, 3.63) is 23.8 Å². The third-order valence-corrected chi connectivity index (χ3v) is 6.51. The highest BCUT2D eigenvalue weighted by atomic mass is 32.1. The molecular weight excluding hydrogens is 358 g/mol. The average molecular weight is 388 g/mol. The van der Waals surface area contributed by atoms with Gasteiger partial charge in [0.15, 0.2) is 0 Å². The lowest BCUT2D eigenvalue weighted by Gasteiger charge is -2.34. The van der Waals surface area contributed by atoms with Crippen LogP contribution < -0.4 is 0 Å². The maximum absolute atomic E-state index is 12.5. The Morgan fingerprint density at radius 3 is 2.81 bits per heavy atom. The first-order valence-electron chi connectivity index (χ1n) is 10.1. The Hall–Kier alpha value is -1.57. The Balaban J connectivity index is 1.26. The van der Waals surface area contributed by atoms with E-state index < -0.39 is 0 Å². The van der Waals surface area contributed by atoms with E-state index in [2.05, 4.69) is 48.7 Å². The number of likely N-dealkylation sites (tertiary alicyclic amines) is 1. The summed E-state index contributed by atoms with van der Waals surface area (Å²) in [5.41, 5.74) is 3.30. The molecule has 6 nitrogen and oxygen atoms in total. The van der Waals surface area contributed by atoms with Crippen molar-refractivity contribution < 1.29 is 4.79 Å². The second kappa shape index (κ2) is 8.63. The van der Waals surface area contributed by atoms with Gasteiger partial charge in [-0.25, -0.2) is 0 Å². The number of fused-ring (bicyclic) bond motifs is 1. The number of amides is 1. The molecule has 0 radical (unpaired) electrons. The molecule has 1 aromatic carbocycles. The summed E-state index contributed by atoms with van der Waals surface area (Å²) in [4.78, 5) is 19.4. The van der Waals surface area contributed by atoms with Crippen LogP contribution in [0.15, 0.2) is 18.2 Å². The molecule has 3 heterocycles. The summed E-state index contributed by atoms with van der Waals surface area (Å²) >= 11 is 1.28. The summed E-state index contributed by atoms with van der Waals surface area (Å²) < 4.78 is 8.63. The van der Waals surface area contributed by atoms with Crippen molar-refractivity contribution in [3.63, 3.8) is 0 Å². The number of piperidine rings is 1. The number of carbonyl (C=O) groups excluding carboxylic acids is 1. The van der Waals surface area contributed by atoms with Crippen molar-refractivity contribution in [1.82, 2.24) is 23.4 Å². The molecular formula is C20H29N5OS. The van der Waals surface area contributed by atoms with Gasteiger partial charge in [-0.3, -0.25) is 9.69 Å². The van der Waals surface area contributed by atoms with Crippen LogP contribution in [-0.2, 0) is 11.3 Å². The molecule has 1 atom stereocenters. The molecule has 7 heteroatoms. The summed E-state index contributed by atoms with van der Waals surface area (Å²) in [6.45, 7) is 7.00. The first kappa shape index (κ1) is 18.8. The number of hydrogen-bond acceptors (Lipinski definition) is 6. The van der Waals surface area contributed by atoms with Crippen molar-refractivity contribution in [3.8, 4) is 0 Å². The molecule has 2 aliphatic heterocycles. The number of piperazine rings is 1. The van der Waals surface area contributed by atoms with Crippen molar-refractivity contribution in [2.24, 2.45) is 5.92 Å². The minimum Gasteiger partial charge on any atom is -0.340 e. The van der Waals surface area contributed by atoms with E-state index in [0.29, 0.717) is 18.2 Å². The summed E-state index contributed by atoms with van der Waals surface area (Å²) in [7, 11) is 2.13. The lowest BCUT2D eigenvalue weighted by Crippen LogP contribution is -2.47. The van der Waals surface area contributed by atoms with Gasteiger partial charge in [0.25, 0.3) is 0 Å². The zero-order chi connectivity index (χ0) is 18.6. The van der Waals surface area contributed by atoms with E-state index in [0.717, 1.165) is 63.3 Å². The summed E-state index contributed by atoms with van der Waals surface area (Å²) in [5, 5.41) is 0. The molecule has 2 saturated heterocycles. The van der Waals surface area contributed by atoms with Gasteiger partial charge < -0.3 is 9.80 Å². The normalized spacial score (nSPS) is 22.4. The molecule has 0 N–H and O–H groups in total. The third kappa shape index (κ3) is 4.83. The van der Waals surface area contributed by atoms with Crippen LogP contribution in [0.4, 0.5) is 0 Å². The lowest BCUT2D eigenvalue weighted by molar-refractivity contribution is -0.133. The fourth-order valence-corrected chi connectivity index (χ4v) is 4.77. The van der Waals surface area contributed by atoms with Crippen LogP contribution in [0.25, 0.3) is 11.0 Å². The Morgan fingerprint density at radius 2 is 1.96 bits per heavy atom. The van der Waals surface area contributed by atoms with Gasteiger partial charge in [-0.2, -0.15) is 8.75 Å². The van der Waals surface area contributed by atoms with E-state index in [9.17, 15) is 4.79 Å². The van der Waals surface area contributed by atoms with Crippen LogP contribution in [0.3, 0.4) is 0 Å². The van der Waals surface area contributed by atoms with E-state index in [-0.39, 0.29) is 0 Å². The molecule has 2 aromatic rings. The highest BCUT2D eigenvalue weighted by Gasteiger charge is 2.23. The standard InChI is InChI=1S/C20H29N5OS/c1-23-9-11-25(12-10-23)20(26)7-5-16-3-2-8-24(14-16)15-17-4-6-18-19(13-17)22-27-21-18/h4,6,13,16H,2-3,5,7-12,14-15H2,1H3/t16-/m0/s1. The Kier molecular flexibility index (Phi) is 6.00. The molecule has 0 saturated carbocycles. The summed E-state index contributed by atoms with van der Waals surface area (Å²) in [5.74, 6) is 0.988. The van der Waals surface area contributed by atoms with Crippen molar-refractivity contribution in [2.75, 3.05) is 46.3 Å². The molecule has 146 valence electrons. The van der Waals surface area contributed by atoms with E-state index in [1.165, 1.54) is 30.1 Å². The Labute approximate surface area is 165 Å². The van der Waals surface area contributed by atoms with Gasteiger partial charge in [-0.15, -0.1) is 0 Å². The van der Waals surface area contributed by atoms with Gasteiger partial charge in [-0.05, 0) is 56.5 Å². The van der Waals surface area contributed by atoms with Crippen molar-refractivity contribution in [2.45, 2.75) is 32.2 Å². The zero-order valence-electron chi connectivity index (χ0n) is 16.1. The molecule has 0 unspecified atom stereocenters. The zero-order valence-corrected chi connectivity index (χ0v) is 17.0. The van der Waals surface area contributed by atoms with Crippen molar-refractivity contribution in [1.29, 1.82) is 0 Å². The maximum Gasteiger partial charge on any atom is 0.222 e. The molecule has 27 heavy (non-hydrogen) atoms. The van der Waals surface area contributed by atoms with Crippen LogP contribution in [0.1, 0.15) is 31.2 Å². The fraction of sp³-hybridized carbons (Fsp3) is 0.650. The first-order valence-corrected chi connectivity index (χ1v) is 10.8. The van der Waals surface area contributed by atoms with Crippen LogP contribution in [0.5, 0.6) is 0 Å². The topological polar surface area (TPSA) is 52.6 Å². The van der Waals surface area contributed by atoms with Gasteiger partial charge in [0.1, 0.15) is 11.0 Å². The molecule has 2 aliphatic rings. The minimum absolute atomic E-state index is 0.349. The van der Waals surface area contributed by atoms with Gasteiger partial charge in [0, 0.05) is 45.7 Å². The SMILES string of the molecule is CN1CCN(C(=O)CC[C@@H]2CCCN(Cc3ccc4nsnc4c3)C2)CC1. The predicted molar refractivity (Wildman–Crippen MR) is 109 cm³/mol.